The van der Waals surface area contributed by atoms with Crippen LogP contribution in [0.4, 0.5) is 10.5 Å². The number of likely N-dealkylation sites (tertiary alicyclic amines) is 1. The maximum absolute atomic E-state index is 12.8. The lowest BCUT2D eigenvalue weighted by atomic mass is 10.1. The Morgan fingerprint density at radius 3 is 2.44 bits per heavy atom. The number of carbonyl (C=O) groups is 2. The molecule has 1 heterocycles. The third kappa shape index (κ3) is 7.25. The number of nitrogens with zero attached hydrogens (tertiary/aromatic N) is 1. The number of benzene rings is 2. The van der Waals surface area contributed by atoms with Gasteiger partial charge in [0.15, 0.2) is 0 Å². The number of nitrogens with one attached hydrogen (secondary N) is 3. The summed E-state index contributed by atoms with van der Waals surface area (Å²) in [4.78, 5) is 26.6. The quantitative estimate of drug-likeness (QED) is 0.322. The SMILES string of the molecule is COc1cc(C(=O)N2CCCC2C)ccc1C#CCNc1ccc(C(=N)NC(=O)OC(C)(C)C)cc1. The first kappa shape index (κ1) is 26.6. The molecule has 0 saturated carbocycles. The number of rotatable bonds is 5. The van der Waals surface area contributed by atoms with E-state index in [4.69, 9.17) is 14.9 Å². The van der Waals surface area contributed by atoms with Crippen molar-refractivity contribution in [2.75, 3.05) is 25.5 Å². The number of ether oxygens (including phenoxy) is 2. The molecule has 1 aliphatic rings. The van der Waals surface area contributed by atoms with E-state index in [9.17, 15) is 9.59 Å². The molecule has 190 valence electrons. The van der Waals surface area contributed by atoms with E-state index in [-0.39, 0.29) is 17.8 Å². The van der Waals surface area contributed by atoms with Crippen molar-refractivity contribution in [2.24, 2.45) is 0 Å². The zero-order valence-electron chi connectivity index (χ0n) is 21.5. The number of anilines is 1. The summed E-state index contributed by atoms with van der Waals surface area (Å²) in [5.41, 5.74) is 2.07. The van der Waals surface area contributed by atoms with E-state index < -0.39 is 11.7 Å². The minimum Gasteiger partial charge on any atom is -0.495 e. The van der Waals surface area contributed by atoms with Crippen molar-refractivity contribution >= 4 is 23.5 Å². The van der Waals surface area contributed by atoms with Gasteiger partial charge in [-0.25, -0.2) is 4.79 Å². The van der Waals surface area contributed by atoms with Crippen LogP contribution in [-0.2, 0) is 4.74 Å². The molecule has 1 atom stereocenters. The molecular formula is C28H34N4O4. The molecular weight excluding hydrogens is 456 g/mol. The molecule has 1 fully saturated rings. The number of methoxy groups -OCH3 is 1. The molecule has 0 aromatic heterocycles. The fourth-order valence-electron chi connectivity index (χ4n) is 3.85. The molecule has 8 heteroatoms. The van der Waals surface area contributed by atoms with Gasteiger partial charge in [0.1, 0.15) is 17.2 Å². The topological polar surface area (TPSA) is 104 Å². The highest BCUT2D eigenvalue weighted by molar-refractivity contribution is 6.04. The molecule has 2 aromatic carbocycles. The van der Waals surface area contributed by atoms with Gasteiger partial charge in [-0.05, 0) is 83.0 Å². The van der Waals surface area contributed by atoms with E-state index in [0.717, 1.165) is 25.1 Å². The Morgan fingerprint density at radius 2 is 1.83 bits per heavy atom. The van der Waals surface area contributed by atoms with Crippen LogP contribution in [0.2, 0.25) is 0 Å². The predicted octanol–water partition coefficient (Wildman–Crippen LogP) is 4.63. The summed E-state index contributed by atoms with van der Waals surface area (Å²) in [5, 5.41) is 13.7. The standard InChI is InChI=1S/C28H34N4O4/c1-19-8-7-17-32(19)26(33)22-11-10-20(24(18-22)35-5)9-6-16-30-23-14-12-21(13-15-23)25(29)31-27(34)36-28(2,3)4/h10-15,18-19,30H,7-8,16-17H2,1-5H3,(H2,29,31,34). The number of hydrogen-bond donors (Lipinski definition) is 3. The average molecular weight is 491 g/mol. The minimum atomic E-state index is -0.664. The molecule has 3 N–H and O–H groups in total. The van der Waals surface area contributed by atoms with Gasteiger partial charge in [-0.15, -0.1) is 0 Å². The van der Waals surface area contributed by atoms with Crippen LogP contribution in [0, 0.1) is 17.3 Å². The van der Waals surface area contributed by atoms with Crippen molar-refractivity contribution in [1.82, 2.24) is 10.2 Å². The summed E-state index contributed by atoms with van der Waals surface area (Å²) in [6, 6.07) is 12.7. The zero-order valence-corrected chi connectivity index (χ0v) is 21.5. The first-order valence-corrected chi connectivity index (χ1v) is 12.0. The molecule has 0 radical (unpaired) electrons. The summed E-state index contributed by atoms with van der Waals surface area (Å²) < 4.78 is 10.6. The molecule has 1 unspecified atom stereocenters. The molecule has 1 saturated heterocycles. The van der Waals surface area contributed by atoms with Gasteiger partial charge in [0, 0.05) is 29.4 Å². The van der Waals surface area contributed by atoms with Crippen LogP contribution in [0.25, 0.3) is 0 Å². The number of amidine groups is 1. The fraction of sp³-hybridized carbons (Fsp3) is 0.393. The Bertz CT molecular complexity index is 1170. The first-order chi connectivity index (χ1) is 17.1. The largest absolute Gasteiger partial charge is 0.495 e. The van der Waals surface area contributed by atoms with Crippen LogP contribution in [0.3, 0.4) is 0 Å². The molecule has 3 rings (SSSR count). The van der Waals surface area contributed by atoms with E-state index in [1.54, 1.807) is 52.1 Å². The Kier molecular flexibility index (Phi) is 8.59. The highest BCUT2D eigenvalue weighted by Crippen LogP contribution is 2.24. The first-order valence-electron chi connectivity index (χ1n) is 12.0. The summed E-state index contributed by atoms with van der Waals surface area (Å²) in [6.45, 7) is 8.55. The Labute approximate surface area is 212 Å². The van der Waals surface area contributed by atoms with E-state index in [1.165, 1.54) is 0 Å². The molecule has 2 aromatic rings. The second-order valence-corrected chi connectivity index (χ2v) is 9.64. The van der Waals surface area contributed by atoms with Gasteiger partial charge in [-0.2, -0.15) is 0 Å². The fourth-order valence-corrected chi connectivity index (χ4v) is 3.85. The van der Waals surface area contributed by atoms with Crippen molar-refractivity contribution in [2.45, 2.75) is 52.2 Å². The third-order valence-corrected chi connectivity index (χ3v) is 5.67. The lowest BCUT2D eigenvalue weighted by molar-refractivity contribution is 0.0562. The highest BCUT2D eigenvalue weighted by Gasteiger charge is 2.26. The second-order valence-electron chi connectivity index (χ2n) is 9.64. The van der Waals surface area contributed by atoms with Gasteiger partial charge < -0.3 is 19.7 Å². The van der Waals surface area contributed by atoms with Crippen LogP contribution in [0.5, 0.6) is 5.75 Å². The van der Waals surface area contributed by atoms with Gasteiger partial charge in [0.05, 0.1) is 19.2 Å². The van der Waals surface area contributed by atoms with E-state index in [2.05, 4.69) is 29.4 Å². The number of hydrogen-bond acceptors (Lipinski definition) is 6. The van der Waals surface area contributed by atoms with Crippen LogP contribution < -0.4 is 15.4 Å². The molecule has 8 nitrogen and oxygen atoms in total. The molecule has 2 amide bonds. The Morgan fingerprint density at radius 1 is 1.14 bits per heavy atom. The molecule has 36 heavy (non-hydrogen) atoms. The van der Waals surface area contributed by atoms with Crippen molar-refractivity contribution in [1.29, 1.82) is 5.41 Å². The second kappa shape index (κ2) is 11.6. The lowest BCUT2D eigenvalue weighted by Crippen LogP contribution is -2.36. The van der Waals surface area contributed by atoms with Gasteiger partial charge in [0.2, 0.25) is 0 Å². The normalized spacial score (nSPS) is 14.9. The predicted molar refractivity (Wildman–Crippen MR) is 141 cm³/mol. The Balaban J connectivity index is 1.56. The molecule has 0 aliphatic carbocycles. The van der Waals surface area contributed by atoms with Crippen molar-refractivity contribution in [3.63, 3.8) is 0 Å². The maximum Gasteiger partial charge on any atom is 0.413 e. The van der Waals surface area contributed by atoms with Crippen molar-refractivity contribution < 1.29 is 19.1 Å². The number of amides is 2. The van der Waals surface area contributed by atoms with Gasteiger partial charge >= 0.3 is 6.09 Å². The number of alkyl carbamates (subject to hydrolysis) is 1. The summed E-state index contributed by atoms with van der Waals surface area (Å²) in [7, 11) is 1.57. The molecule has 1 aliphatic heterocycles. The average Bonchev–Trinajstić information content (AvgIpc) is 3.26. The summed E-state index contributed by atoms with van der Waals surface area (Å²) >= 11 is 0. The van der Waals surface area contributed by atoms with Crippen LogP contribution in [0.15, 0.2) is 42.5 Å². The molecule has 0 bridgehead atoms. The van der Waals surface area contributed by atoms with Crippen molar-refractivity contribution in [3.05, 3.63) is 59.2 Å². The van der Waals surface area contributed by atoms with Crippen LogP contribution in [0.1, 0.15) is 62.0 Å². The molecule has 0 spiro atoms. The van der Waals surface area contributed by atoms with Gasteiger partial charge in [-0.3, -0.25) is 15.5 Å². The minimum absolute atomic E-state index is 0.0253. The Hall–Kier alpha value is -3.99. The van der Waals surface area contributed by atoms with Gasteiger partial charge in [-0.1, -0.05) is 11.8 Å². The van der Waals surface area contributed by atoms with Crippen LogP contribution in [-0.4, -0.2) is 54.6 Å². The highest BCUT2D eigenvalue weighted by atomic mass is 16.6. The summed E-state index contributed by atoms with van der Waals surface area (Å²) in [6.07, 6.45) is 1.41. The van der Waals surface area contributed by atoms with Gasteiger partial charge in [0.25, 0.3) is 5.91 Å². The number of carbonyl (C=O) groups excluding carboxylic acids is 2. The van der Waals surface area contributed by atoms with E-state index >= 15 is 0 Å². The van der Waals surface area contributed by atoms with E-state index in [1.807, 2.05) is 23.1 Å². The maximum atomic E-state index is 12.8. The van der Waals surface area contributed by atoms with E-state index in [0.29, 0.717) is 29.0 Å². The van der Waals surface area contributed by atoms with Crippen molar-refractivity contribution in [3.8, 4) is 17.6 Å². The van der Waals surface area contributed by atoms with Crippen LogP contribution >= 0.6 is 0 Å². The monoisotopic (exact) mass is 490 g/mol. The zero-order chi connectivity index (χ0) is 26.3. The summed E-state index contributed by atoms with van der Waals surface area (Å²) in [5.74, 6) is 6.72. The smallest absolute Gasteiger partial charge is 0.413 e. The lowest BCUT2D eigenvalue weighted by Gasteiger charge is -2.21. The third-order valence-electron chi connectivity index (χ3n) is 5.67.